The molecule has 2 aromatic carbocycles. The lowest BCUT2D eigenvalue weighted by atomic mass is 10.0. The molecule has 0 atom stereocenters. The minimum absolute atomic E-state index is 0.0409. The first kappa shape index (κ1) is 19.4. The van der Waals surface area contributed by atoms with Crippen LogP contribution >= 0.6 is 0 Å². The minimum Gasteiger partial charge on any atom is -0.338 e. The highest BCUT2D eigenvalue weighted by Gasteiger charge is 2.26. The first-order valence-electron chi connectivity index (χ1n) is 10.7. The number of nitrogens with one attached hydrogen (secondary N) is 3. The third-order valence-electron chi connectivity index (χ3n) is 6.08. The van der Waals surface area contributed by atoms with E-state index in [9.17, 15) is 4.79 Å². The highest BCUT2D eigenvalue weighted by Crippen LogP contribution is 2.28. The Morgan fingerprint density at radius 2 is 1.97 bits per heavy atom. The summed E-state index contributed by atoms with van der Waals surface area (Å²) in [4.78, 5) is 22.6. The zero-order chi connectivity index (χ0) is 21.4. The van der Waals surface area contributed by atoms with Crippen molar-refractivity contribution < 1.29 is 4.79 Å². The summed E-state index contributed by atoms with van der Waals surface area (Å²) in [7, 11) is 0. The van der Waals surface area contributed by atoms with E-state index in [-0.39, 0.29) is 6.03 Å². The van der Waals surface area contributed by atoms with Gasteiger partial charge in [-0.15, -0.1) is 0 Å². The zero-order valence-electron chi connectivity index (χ0n) is 17.8. The second-order valence-corrected chi connectivity index (χ2v) is 8.20. The van der Waals surface area contributed by atoms with Gasteiger partial charge in [0.1, 0.15) is 5.69 Å². The van der Waals surface area contributed by atoms with Crippen molar-refractivity contribution in [3.05, 3.63) is 70.4 Å². The molecule has 0 fully saturated rings. The number of amides is 2. The van der Waals surface area contributed by atoms with Crippen LogP contribution in [0.2, 0.25) is 0 Å². The number of aryl methyl sites for hydroxylation is 2. The summed E-state index contributed by atoms with van der Waals surface area (Å²) < 4.78 is 0. The number of urea groups is 1. The van der Waals surface area contributed by atoms with Gasteiger partial charge in [0, 0.05) is 18.7 Å². The van der Waals surface area contributed by atoms with E-state index in [2.05, 4.69) is 58.6 Å². The van der Waals surface area contributed by atoms with Gasteiger partial charge in [0.15, 0.2) is 5.82 Å². The number of hydrogen-bond donors (Lipinski definition) is 3. The van der Waals surface area contributed by atoms with Gasteiger partial charge < -0.3 is 15.2 Å². The Bertz CT molecular complexity index is 1200. The molecule has 3 heterocycles. The van der Waals surface area contributed by atoms with Gasteiger partial charge in [-0.25, -0.2) is 9.78 Å². The van der Waals surface area contributed by atoms with Crippen molar-refractivity contribution in [3.8, 4) is 11.5 Å². The van der Waals surface area contributed by atoms with Crippen LogP contribution in [-0.2, 0) is 19.4 Å². The number of imidazole rings is 1. The lowest BCUT2D eigenvalue weighted by molar-refractivity contribution is 0.192. The second-order valence-electron chi connectivity index (χ2n) is 8.20. The smallest absolute Gasteiger partial charge is 0.317 e. The molecule has 31 heavy (non-hydrogen) atoms. The number of hydrogen-bond acceptors (Lipinski definition) is 3. The normalized spacial score (nSPS) is 13.4. The van der Waals surface area contributed by atoms with Gasteiger partial charge in [-0.1, -0.05) is 30.3 Å². The fourth-order valence-electron chi connectivity index (χ4n) is 4.14. The van der Waals surface area contributed by atoms with Gasteiger partial charge in [-0.2, -0.15) is 5.10 Å². The molecule has 5 rings (SSSR count). The molecule has 1 aliphatic rings. The van der Waals surface area contributed by atoms with Crippen LogP contribution in [0.1, 0.15) is 27.9 Å². The average molecular weight is 415 g/mol. The number of rotatable bonds is 4. The molecule has 0 aliphatic carbocycles. The fourth-order valence-corrected chi connectivity index (χ4v) is 4.14. The molecule has 0 saturated heterocycles. The van der Waals surface area contributed by atoms with E-state index in [0.29, 0.717) is 19.6 Å². The molecule has 0 spiro atoms. The largest absolute Gasteiger partial charge is 0.338 e. The Hall–Kier alpha value is -3.61. The van der Waals surface area contributed by atoms with E-state index in [1.165, 1.54) is 16.7 Å². The van der Waals surface area contributed by atoms with Crippen molar-refractivity contribution in [2.24, 2.45) is 0 Å². The SMILES string of the molecule is Cc1cc2nc(-c3[nH]nc4c3CCN(C(=O)NCCc3ccccc3)C4)[nH]c2cc1C. The first-order chi connectivity index (χ1) is 15.1. The van der Waals surface area contributed by atoms with Gasteiger partial charge in [-0.3, -0.25) is 5.10 Å². The second kappa shape index (κ2) is 7.91. The standard InChI is InChI=1S/C24H26N6O/c1-15-12-19-20(13-16(15)2)27-23(26-19)22-18-9-11-30(14-21(18)28-29-22)24(31)25-10-8-17-6-4-3-5-7-17/h3-7,12-13H,8-11,14H2,1-2H3,(H,25,31)(H,26,27)(H,28,29). The maximum atomic E-state index is 12.6. The topological polar surface area (TPSA) is 89.7 Å². The van der Waals surface area contributed by atoms with Crippen molar-refractivity contribution in [2.75, 3.05) is 13.1 Å². The summed E-state index contributed by atoms with van der Waals surface area (Å²) in [6.07, 6.45) is 1.57. The summed E-state index contributed by atoms with van der Waals surface area (Å²) in [6, 6.07) is 14.4. The quantitative estimate of drug-likeness (QED) is 0.473. The molecule has 0 radical (unpaired) electrons. The molecule has 4 aromatic rings. The lowest BCUT2D eigenvalue weighted by Gasteiger charge is -2.26. The lowest BCUT2D eigenvalue weighted by Crippen LogP contribution is -2.43. The van der Waals surface area contributed by atoms with Gasteiger partial charge in [0.2, 0.25) is 0 Å². The molecule has 0 saturated carbocycles. The number of aromatic amines is 2. The van der Waals surface area contributed by atoms with Crippen LogP contribution in [0.5, 0.6) is 0 Å². The molecule has 2 aromatic heterocycles. The number of aromatic nitrogens is 4. The monoisotopic (exact) mass is 414 g/mol. The Morgan fingerprint density at radius 1 is 1.16 bits per heavy atom. The molecule has 7 heteroatoms. The summed E-state index contributed by atoms with van der Waals surface area (Å²) in [5.74, 6) is 0.800. The zero-order valence-corrected chi connectivity index (χ0v) is 17.8. The van der Waals surface area contributed by atoms with E-state index in [1.54, 1.807) is 0 Å². The van der Waals surface area contributed by atoms with E-state index < -0.39 is 0 Å². The summed E-state index contributed by atoms with van der Waals surface area (Å²) in [5, 5.41) is 10.7. The van der Waals surface area contributed by atoms with Crippen LogP contribution in [-0.4, -0.2) is 44.2 Å². The Kier molecular flexibility index (Phi) is 4.94. The number of benzene rings is 2. The van der Waals surface area contributed by atoms with E-state index >= 15 is 0 Å². The first-order valence-corrected chi connectivity index (χ1v) is 10.7. The fraction of sp³-hybridized carbons (Fsp3) is 0.292. The predicted octanol–water partition coefficient (Wildman–Crippen LogP) is 3.88. The molecule has 1 aliphatic heterocycles. The Balaban J connectivity index is 1.27. The van der Waals surface area contributed by atoms with E-state index in [4.69, 9.17) is 4.98 Å². The van der Waals surface area contributed by atoms with Crippen molar-refractivity contribution in [3.63, 3.8) is 0 Å². The Labute approximate surface area is 180 Å². The molecular weight excluding hydrogens is 388 g/mol. The van der Waals surface area contributed by atoms with Crippen LogP contribution < -0.4 is 5.32 Å². The van der Waals surface area contributed by atoms with Crippen molar-refractivity contribution in [1.29, 1.82) is 0 Å². The minimum atomic E-state index is -0.0409. The molecule has 0 bridgehead atoms. The highest BCUT2D eigenvalue weighted by molar-refractivity contribution is 5.81. The number of nitrogens with zero attached hydrogens (tertiary/aromatic N) is 3. The van der Waals surface area contributed by atoms with Crippen molar-refractivity contribution in [2.45, 2.75) is 33.2 Å². The molecule has 7 nitrogen and oxygen atoms in total. The number of H-pyrrole nitrogens is 2. The third kappa shape index (κ3) is 3.79. The average Bonchev–Trinajstić information content (AvgIpc) is 3.38. The van der Waals surface area contributed by atoms with E-state index in [1.807, 2.05) is 23.1 Å². The molecule has 0 unspecified atom stereocenters. The third-order valence-corrected chi connectivity index (χ3v) is 6.08. The Morgan fingerprint density at radius 3 is 2.81 bits per heavy atom. The van der Waals surface area contributed by atoms with Crippen LogP contribution in [0, 0.1) is 13.8 Å². The highest BCUT2D eigenvalue weighted by atomic mass is 16.2. The van der Waals surface area contributed by atoms with Crippen molar-refractivity contribution in [1.82, 2.24) is 30.4 Å². The molecule has 3 N–H and O–H groups in total. The summed E-state index contributed by atoms with van der Waals surface area (Å²) in [6.45, 7) is 5.99. The van der Waals surface area contributed by atoms with Gasteiger partial charge in [-0.05, 0) is 55.5 Å². The van der Waals surface area contributed by atoms with Crippen LogP contribution in [0.3, 0.4) is 0 Å². The molecule has 158 valence electrons. The number of carbonyl (C=O) groups excluding carboxylic acids is 1. The van der Waals surface area contributed by atoms with Gasteiger partial charge in [0.05, 0.1) is 23.3 Å². The van der Waals surface area contributed by atoms with Gasteiger partial charge >= 0.3 is 6.03 Å². The van der Waals surface area contributed by atoms with Gasteiger partial charge in [0.25, 0.3) is 0 Å². The molecule has 2 amide bonds. The number of fused-ring (bicyclic) bond motifs is 2. The predicted molar refractivity (Wildman–Crippen MR) is 121 cm³/mol. The van der Waals surface area contributed by atoms with Crippen LogP contribution in [0.15, 0.2) is 42.5 Å². The maximum absolute atomic E-state index is 12.6. The number of carbonyl (C=O) groups is 1. The van der Waals surface area contributed by atoms with E-state index in [0.717, 1.165) is 46.7 Å². The van der Waals surface area contributed by atoms with Crippen LogP contribution in [0.4, 0.5) is 4.79 Å². The van der Waals surface area contributed by atoms with Crippen molar-refractivity contribution >= 4 is 17.1 Å². The summed E-state index contributed by atoms with van der Waals surface area (Å²) in [5.41, 5.74) is 8.64. The maximum Gasteiger partial charge on any atom is 0.317 e. The van der Waals surface area contributed by atoms with Crippen LogP contribution in [0.25, 0.3) is 22.6 Å². The summed E-state index contributed by atoms with van der Waals surface area (Å²) >= 11 is 0. The molecular formula is C24H26N6O.